The minimum absolute atomic E-state index is 0.136. The average molecular weight is 725 g/mol. The normalized spacial score (nSPS) is 20.0. The van der Waals surface area contributed by atoms with Crippen LogP contribution in [0, 0.1) is 23.2 Å². The number of halogens is 1. The summed E-state index contributed by atoms with van der Waals surface area (Å²) in [6.45, 7) is 0.519. The largest absolute Gasteiger partial charge is 0.440 e. The van der Waals surface area contributed by atoms with E-state index in [2.05, 4.69) is 21.4 Å². The number of ether oxygens (including phenoxy) is 1. The third-order valence-corrected chi connectivity index (χ3v) is 13.2. The summed E-state index contributed by atoms with van der Waals surface area (Å²) >= 11 is 7.22. The van der Waals surface area contributed by atoms with Gasteiger partial charge in [-0.1, -0.05) is 86.2 Å². The van der Waals surface area contributed by atoms with Crippen LogP contribution in [0.15, 0.2) is 54.6 Å². The molecule has 3 N–H and O–H groups in total. The lowest BCUT2D eigenvalue weighted by Crippen LogP contribution is -2.49. The van der Waals surface area contributed by atoms with Gasteiger partial charge in [-0.2, -0.15) is 15.7 Å². The Hall–Kier alpha value is -3.33. The summed E-state index contributed by atoms with van der Waals surface area (Å²) in [5.41, 5.74) is 1.73. The molecule has 1 unspecified atom stereocenters. The van der Waals surface area contributed by atoms with E-state index in [0.717, 1.165) is 79.5 Å². The predicted octanol–water partition coefficient (Wildman–Crippen LogP) is 6.68. The standard InChI is InChI=1S/C37H45ClN4O5S2/c38-29-15-9-12-26(20-29)21-31(27-13-5-2-6-14-27)47-37(46)42-48-32(22-25-10-3-1-4-11-25)36(45)41-30(23-28-16-17-40-35(28)44)34(43)33(24-39)49-18-7-8-19-49/h2,5-6,9,12-15,20,25,28,30-32H,1,3-4,7-8,10-11,16-19,21-23H2,(H,40,44)(H,41,45)(H,42,46)/t28-,30-,31?,32-/m0/s1. The van der Waals surface area contributed by atoms with Crippen molar-refractivity contribution in [1.82, 2.24) is 15.4 Å². The van der Waals surface area contributed by atoms with Crippen LogP contribution in [-0.2, 0) is 25.5 Å². The summed E-state index contributed by atoms with van der Waals surface area (Å²) in [6.07, 6.45) is 7.60. The van der Waals surface area contributed by atoms with Crippen molar-refractivity contribution in [3.8, 4) is 6.07 Å². The van der Waals surface area contributed by atoms with Gasteiger partial charge in [-0.25, -0.2) is 4.79 Å². The van der Waals surface area contributed by atoms with E-state index in [0.29, 0.717) is 36.7 Å². The molecule has 9 nitrogen and oxygen atoms in total. The molecule has 2 saturated heterocycles. The van der Waals surface area contributed by atoms with Crippen molar-refractivity contribution >= 4 is 62.6 Å². The molecular formula is C37H45ClN4O5S2. The molecule has 2 aliphatic heterocycles. The number of hydrogen-bond donors (Lipinski definition) is 3. The third-order valence-electron chi connectivity index (χ3n) is 9.54. The van der Waals surface area contributed by atoms with E-state index in [4.69, 9.17) is 16.3 Å². The minimum Gasteiger partial charge on any atom is -0.440 e. The molecule has 0 aromatic heterocycles. The zero-order valence-corrected chi connectivity index (χ0v) is 30.1. The molecule has 262 valence electrons. The van der Waals surface area contributed by atoms with Crippen molar-refractivity contribution in [3.05, 3.63) is 70.7 Å². The highest BCUT2D eigenvalue weighted by molar-refractivity contribution is 8.17. The van der Waals surface area contributed by atoms with E-state index < -0.39 is 45.8 Å². The summed E-state index contributed by atoms with van der Waals surface area (Å²) in [6, 6.07) is 18.0. The molecule has 2 aromatic carbocycles. The Balaban J connectivity index is 1.31. The molecule has 1 saturated carbocycles. The molecule has 1 aliphatic carbocycles. The molecule has 2 aromatic rings. The average Bonchev–Trinajstić information content (AvgIpc) is 3.79. The Morgan fingerprint density at radius 2 is 1.76 bits per heavy atom. The quantitative estimate of drug-likeness (QED) is 0.146. The van der Waals surface area contributed by atoms with Crippen LogP contribution in [0.1, 0.15) is 81.4 Å². The summed E-state index contributed by atoms with van der Waals surface area (Å²) in [4.78, 5) is 54.0. The van der Waals surface area contributed by atoms with Crippen LogP contribution in [0.2, 0.25) is 5.02 Å². The Morgan fingerprint density at radius 1 is 1.00 bits per heavy atom. The number of hydrogen-bond acceptors (Lipinski definition) is 7. The zero-order valence-electron chi connectivity index (χ0n) is 27.7. The van der Waals surface area contributed by atoms with Crippen LogP contribution in [0.5, 0.6) is 0 Å². The first kappa shape index (κ1) is 36.9. The maximum atomic E-state index is 14.1. The summed E-state index contributed by atoms with van der Waals surface area (Å²) in [5, 5.41) is 15.7. The van der Waals surface area contributed by atoms with Gasteiger partial charge in [0.1, 0.15) is 22.3 Å². The van der Waals surface area contributed by atoms with Crippen molar-refractivity contribution in [2.75, 3.05) is 18.1 Å². The fraction of sp³-hybridized carbons (Fsp3) is 0.514. The van der Waals surface area contributed by atoms with Crippen LogP contribution in [0.3, 0.4) is 0 Å². The van der Waals surface area contributed by atoms with Crippen molar-refractivity contribution < 1.29 is 23.9 Å². The van der Waals surface area contributed by atoms with Crippen LogP contribution in [0.25, 0.3) is 0 Å². The molecule has 4 atom stereocenters. The summed E-state index contributed by atoms with van der Waals surface area (Å²) in [7, 11) is -0.438. The third kappa shape index (κ3) is 10.8. The number of carbonyl (C=O) groups excluding carboxylic acids is 4. The smallest absolute Gasteiger partial charge is 0.417 e. The molecule has 2 heterocycles. The van der Waals surface area contributed by atoms with Crippen molar-refractivity contribution in [1.29, 1.82) is 5.26 Å². The topological polar surface area (TPSA) is 137 Å². The lowest BCUT2D eigenvalue weighted by molar-refractivity contribution is -0.127. The molecule has 49 heavy (non-hydrogen) atoms. The van der Waals surface area contributed by atoms with Gasteiger partial charge in [0.2, 0.25) is 17.6 Å². The molecule has 0 radical (unpaired) electrons. The molecule has 3 aliphatic rings. The molecule has 3 fully saturated rings. The van der Waals surface area contributed by atoms with Crippen LogP contribution < -0.4 is 15.4 Å². The lowest BCUT2D eigenvalue weighted by atomic mass is 9.86. The van der Waals surface area contributed by atoms with E-state index in [-0.39, 0.29) is 23.0 Å². The van der Waals surface area contributed by atoms with Crippen LogP contribution >= 0.6 is 34.0 Å². The predicted molar refractivity (Wildman–Crippen MR) is 196 cm³/mol. The zero-order chi connectivity index (χ0) is 34.6. The van der Waals surface area contributed by atoms with Gasteiger partial charge in [-0.15, -0.1) is 0 Å². The number of ketones is 1. The number of carbonyl (C=O) groups is 4. The maximum Gasteiger partial charge on any atom is 0.417 e. The first-order valence-corrected chi connectivity index (χ1v) is 20.1. The SMILES string of the molecule is N#CC(C(=O)[C@H](C[C@@H]1CCNC1=O)NC(=O)[C@H](CC1CCCCC1)SNC(=O)OC(Cc1cccc(Cl)c1)c1ccccc1)=S1CCCC1. The lowest BCUT2D eigenvalue weighted by Gasteiger charge is -2.28. The van der Waals surface area contributed by atoms with E-state index in [9.17, 15) is 24.4 Å². The first-order chi connectivity index (χ1) is 23.8. The Kier molecular flexibility index (Phi) is 14.0. The van der Waals surface area contributed by atoms with Gasteiger partial charge in [0.25, 0.3) is 0 Å². The molecule has 3 amide bonds. The fourth-order valence-electron chi connectivity index (χ4n) is 6.91. The van der Waals surface area contributed by atoms with Crippen LogP contribution in [-0.4, -0.2) is 57.9 Å². The van der Waals surface area contributed by atoms with E-state index in [1.807, 2.05) is 48.5 Å². The van der Waals surface area contributed by atoms with Gasteiger partial charge in [-0.3, -0.25) is 19.1 Å². The second-order valence-corrected chi connectivity index (χ2v) is 16.7. The van der Waals surface area contributed by atoms with E-state index in [1.54, 1.807) is 6.07 Å². The van der Waals surface area contributed by atoms with Crippen LogP contribution in [0.4, 0.5) is 4.79 Å². The minimum atomic E-state index is -0.995. The van der Waals surface area contributed by atoms with Crippen molar-refractivity contribution in [2.24, 2.45) is 11.8 Å². The molecule has 0 bridgehead atoms. The number of nitrogens with zero attached hydrogens (tertiary/aromatic N) is 1. The van der Waals surface area contributed by atoms with E-state index >= 15 is 0 Å². The highest BCUT2D eigenvalue weighted by atomic mass is 35.5. The van der Waals surface area contributed by atoms with Gasteiger partial charge >= 0.3 is 6.09 Å². The fourth-order valence-corrected chi connectivity index (χ4v) is 10.2. The van der Waals surface area contributed by atoms with Gasteiger partial charge in [0, 0.05) is 23.9 Å². The number of benzene rings is 2. The Labute approximate surface area is 300 Å². The second-order valence-electron chi connectivity index (χ2n) is 13.1. The second kappa shape index (κ2) is 18.6. The number of nitriles is 1. The summed E-state index contributed by atoms with van der Waals surface area (Å²) < 4.78 is 8.72. The molecular weight excluding hydrogens is 680 g/mol. The Bertz CT molecular complexity index is 1550. The number of rotatable bonds is 14. The Morgan fingerprint density at radius 3 is 2.43 bits per heavy atom. The molecule has 0 spiro atoms. The van der Waals surface area contributed by atoms with E-state index in [1.165, 1.54) is 0 Å². The summed E-state index contributed by atoms with van der Waals surface area (Å²) in [5.74, 6) is 0.551. The number of Topliss-reactive ketones (excluding diaryl/α,β-unsaturated/α-hetero) is 1. The van der Waals surface area contributed by atoms with Crippen molar-refractivity contribution in [2.45, 2.75) is 88.0 Å². The number of nitrogens with one attached hydrogen (secondary N) is 3. The van der Waals surface area contributed by atoms with Gasteiger partial charge in [0.15, 0.2) is 0 Å². The highest BCUT2D eigenvalue weighted by Gasteiger charge is 2.36. The number of amides is 3. The monoisotopic (exact) mass is 724 g/mol. The molecule has 5 rings (SSSR count). The highest BCUT2D eigenvalue weighted by Crippen LogP contribution is 2.32. The van der Waals surface area contributed by atoms with Gasteiger partial charge < -0.3 is 15.4 Å². The van der Waals surface area contributed by atoms with Crippen molar-refractivity contribution in [3.63, 3.8) is 0 Å². The van der Waals surface area contributed by atoms with Gasteiger partial charge in [0.05, 0.1) is 6.04 Å². The maximum absolute atomic E-state index is 14.1. The molecule has 12 heteroatoms. The van der Waals surface area contributed by atoms with Gasteiger partial charge in [-0.05, 0) is 84.7 Å². The first-order valence-electron chi connectivity index (χ1n) is 17.3.